The highest BCUT2D eigenvalue weighted by atomic mass is 19.1. The summed E-state index contributed by atoms with van der Waals surface area (Å²) >= 11 is 0. The van der Waals surface area contributed by atoms with Gasteiger partial charge in [-0.15, -0.1) is 0 Å². The van der Waals surface area contributed by atoms with E-state index < -0.39 is 30.6 Å². The summed E-state index contributed by atoms with van der Waals surface area (Å²) in [5.74, 6) is -1.90. The van der Waals surface area contributed by atoms with Crippen LogP contribution in [-0.2, 0) is 19.1 Å². The molecule has 1 rings (SSSR count). The molecule has 1 heterocycles. The summed E-state index contributed by atoms with van der Waals surface area (Å²) in [7, 11) is 0. The normalized spacial score (nSPS) is 28.3. The van der Waals surface area contributed by atoms with E-state index >= 15 is 0 Å². The second-order valence-corrected chi connectivity index (χ2v) is 2.57. The van der Waals surface area contributed by atoms with Crippen LogP contribution >= 0.6 is 0 Å². The van der Waals surface area contributed by atoms with Crippen LogP contribution in [0.3, 0.4) is 0 Å². The van der Waals surface area contributed by atoms with Crippen LogP contribution in [0.15, 0.2) is 0 Å². The van der Waals surface area contributed by atoms with E-state index in [0.717, 1.165) is 0 Å². The summed E-state index contributed by atoms with van der Waals surface area (Å²) < 4.78 is 21.2. The number of carbonyl (C=O) groups excluding carboxylic acids is 2. The van der Waals surface area contributed by atoms with E-state index in [-0.39, 0.29) is 6.61 Å². The van der Waals surface area contributed by atoms with Crippen molar-refractivity contribution in [3.63, 3.8) is 0 Å². The molecule has 0 spiro atoms. The van der Waals surface area contributed by atoms with E-state index in [1.54, 1.807) is 0 Å². The second-order valence-electron chi connectivity index (χ2n) is 2.57. The lowest BCUT2D eigenvalue weighted by atomic mass is 10.1. The number of hydrogen-bond donors (Lipinski definition) is 0. The van der Waals surface area contributed by atoms with Gasteiger partial charge in [0.2, 0.25) is 6.10 Å². The molecule has 0 radical (unpaired) electrons. The monoisotopic (exact) mass is 176 g/mol. The maximum Gasteiger partial charge on any atom is 0.348 e. The van der Waals surface area contributed by atoms with Crippen molar-refractivity contribution in [2.45, 2.75) is 13.0 Å². The van der Waals surface area contributed by atoms with E-state index in [1.165, 1.54) is 6.92 Å². The number of carbonyl (C=O) groups is 2. The average Bonchev–Trinajstić information content (AvgIpc) is 2.32. The molecule has 4 nitrogen and oxygen atoms in total. The average molecular weight is 176 g/mol. The summed E-state index contributed by atoms with van der Waals surface area (Å²) in [6, 6.07) is 0. The van der Waals surface area contributed by atoms with Crippen molar-refractivity contribution in [1.82, 2.24) is 0 Å². The lowest BCUT2D eigenvalue weighted by Gasteiger charge is -2.10. The van der Waals surface area contributed by atoms with Gasteiger partial charge in [-0.05, 0) is 0 Å². The molecule has 0 bridgehead atoms. The van der Waals surface area contributed by atoms with Crippen LogP contribution in [0.1, 0.15) is 6.92 Å². The zero-order valence-corrected chi connectivity index (χ0v) is 6.58. The Kier molecular flexibility index (Phi) is 2.62. The van der Waals surface area contributed by atoms with Gasteiger partial charge < -0.3 is 9.47 Å². The Balaban J connectivity index is 2.57. The number of ether oxygens (including phenoxy) is 2. The third kappa shape index (κ3) is 1.72. The molecule has 0 amide bonds. The van der Waals surface area contributed by atoms with E-state index in [0.29, 0.717) is 0 Å². The number of esters is 2. The Labute approximate surface area is 68.6 Å². The Bertz CT molecular complexity index is 204. The van der Waals surface area contributed by atoms with Gasteiger partial charge in [-0.3, -0.25) is 9.18 Å². The van der Waals surface area contributed by atoms with Crippen molar-refractivity contribution < 1.29 is 23.5 Å². The van der Waals surface area contributed by atoms with Crippen molar-refractivity contribution in [1.29, 1.82) is 0 Å². The van der Waals surface area contributed by atoms with Gasteiger partial charge >= 0.3 is 11.9 Å². The summed E-state index contributed by atoms with van der Waals surface area (Å²) in [5.41, 5.74) is 0. The molecule has 12 heavy (non-hydrogen) atoms. The van der Waals surface area contributed by atoms with Crippen molar-refractivity contribution >= 4 is 11.9 Å². The number of hydrogen-bond acceptors (Lipinski definition) is 4. The zero-order valence-electron chi connectivity index (χ0n) is 6.58. The lowest BCUT2D eigenvalue weighted by molar-refractivity contribution is -0.159. The predicted molar refractivity (Wildman–Crippen MR) is 36.0 cm³/mol. The molecule has 0 aromatic rings. The van der Waals surface area contributed by atoms with Gasteiger partial charge in [-0.1, -0.05) is 0 Å². The Morgan fingerprint density at radius 1 is 1.83 bits per heavy atom. The first-order valence-corrected chi connectivity index (χ1v) is 3.55. The third-order valence-corrected chi connectivity index (χ3v) is 1.59. The molecule has 5 heteroatoms. The van der Waals surface area contributed by atoms with Crippen LogP contribution in [0.4, 0.5) is 4.39 Å². The smallest absolute Gasteiger partial charge is 0.348 e. The molecule has 0 aromatic carbocycles. The van der Waals surface area contributed by atoms with Crippen molar-refractivity contribution in [3.05, 3.63) is 0 Å². The van der Waals surface area contributed by atoms with E-state index in [4.69, 9.17) is 0 Å². The van der Waals surface area contributed by atoms with E-state index in [1.807, 2.05) is 0 Å². The van der Waals surface area contributed by atoms with Crippen LogP contribution in [0.25, 0.3) is 0 Å². The lowest BCUT2D eigenvalue weighted by Crippen LogP contribution is -2.29. The predicted octanol–water partition coefficient (Wildman–Crippen LogP) is 0.0606. The highest BCUT2D eigenvalue weighted by Gasteiger charge is 2.39. The zero-order chi connectivity index (χ0) is 9.14. The highest BCUT2D eigenvalue weighted by Crippen LogP contribution is 2.18. The van der Waals surface area contributed by atoms with Crippen LogP contribution in [-0.4, -0.2) is 31.3 Å². The summed E-state index contributed by atoms with van der Waals surface area (Å²) in [5, 5.41) is 0. The fourth-order valence-electron chi connectivity index (χ4n) is 1.000. The van der Waals surface area contributed by atoms with Crippen molar-refractivity contribution in [2.24, 2.45) is 5.92 Å². The molecule has 2 unspecified atom stereocenters. The van der Waals surface area contributed by atoms with E-state index in [9.17, 15) is 14.0 Å². The van der Waals surface area contributed by atoms with Crippen LogP contribution in [0.2, 0.25) is 0 Å². The maximum absolute atomic E-state index is 12.1. The Hall–Kier alpha value is -1.13. The van der Waals surface area contributed by atoms with Gasteiger partial charge in [0.15, 0.2) is 0 Å². The number of rotatable bonds is 2. The summed E-state index contributed by atoms with van der Waals surface area (Å²) in [6.45, 7) is 0.442. The molecule has 0 N–H and O–H groups in total. The SMILES string of the molecule is CC(=O)OC1C(=O)OCC1CF. The fourth-order valence-corrected chi connectivity index (χ4v) is 1.000. The van der Waals surface area contributed by atoms with Crippen LogP contribution in [0.5, 0.6) is 0 Å². The highest BCUT2D eigenvalue weighted by molar-refractivity contribution is 5.80. The molecule has 0 aliphatic carbocycles. The second kappa shape index (κ2) is 3.51. The minimum absolute atomic E-state index is 0.00667. The topological polar surface area (TPSA) is 52.6 Å². The molecule has 1 saturated heterocycles. The fraction of sp³-hybridized carbons (Fsp3) is 0.714. The van der Waals surface area contributed by atoms with E-state index in [2.05, 4.69) is 9.47 Å². The molecule has 0 aromatic heterocycles. The third-order valence-electron chi connectivity index (χ3n) is 1.59. The van der Waals surface area contributed by atoms with Gasteiger partial charge in [0.1, 0.15) is 6.61 Å². The largest absolute Gasteiger partial charge is 0.462 e. The Morgan fingerprint density at radius 2 is 2.50 bits per heavy atom. The first kappa shape index (κ1) is 8.96. The number of halogens is 1. The van der Waals surface area contributed by atoms with Gasteiger partial charge in [-0.25, -0.2) is 4.79 Å². The minimum Gasteiger partial charge on any atom is -0.462 e. The first-order chi connectivity index (χ1) is 5.65. The van der Waals surface area contributed by atoms with Crippen LogP contribution in [0, 0.1) is 5.92 Å². The quantitative estimate of drug-likeness (QED) is 0.558. The first-order valence-electron chi connectivity index (χ1n) is 3.55. The molecular weight excluding hydrogens is 167 g/mol. The Morgan fingerprint density at radius 3 is 3.00 bits per heavy atom. The number of alkyl halides is 1. The van der Waals surface area contributed by atoms with Gasteiger partial charge in [0.05, 0.1) is 12.6 Å². The summed E-state index contributed by atoms with van der Waals surface area (Å²) in [4.78, 5) is 21.3. The van der Waals surface area contributed by atoms with Crippen molar-refractivity contribution in [2.75, 3.05) is 13.3 Å². The van der Waals surface area contributed by atoms with Gasteiger partial charge in [0, 0.05) is 6.92 Å². The van der Waals surface area contributed by atoms with Gasteiger partial charge in [0.25, 0.3) is 0 Å². The van der Waals surface area contributed by atoms with Crippen LogP contribution < -0.4 is 0 Å². The molecule has 1 aliphatic rings. The number of cyclic esters (lactones) is 1. The molecular formula is C7H9FO4. The van der Waals surface area contributed by atoms with Crippen molar-refractivity contribution in [3.8, 4) is 0 Å². The molecule has 1 aliphatic heterocycles. The maximum atomic E-state index is 12.1. The molecule has 1 fully saturated rings. The van der Waals surface area contributed by atoms with Gasteiger partial charge in [-0.2, -0.15) is 0 Å². The summed E-state index contributed by atoms with van der Waals surface area (Å²) in [6.07, 6.45) is -1.05. The molecule has 0 saturated carbocycles. The molecule has 2 atom stereocenters. The standard InChI is InChI=1S/C7H9FO4/c1-4(9)12-6-5(2-8)3-11-7(6)10/h5-6H,2-3H2,1H3. The molecule has 68 valence electrons. The minimum atomic E-state index is -1.05.